The second-order valence-corrected chi connectivity index (χ2v) is 41.5. The molecule has 2 saturated carbocycles. The Morgan fingerprint density at radius 1 is 0.417 bits per heavy atom. The number of rotatable bonds is 8. The largest absolute Gasteiger partial charge is 2.00 e. The SMILES string of the molecule is Cc1nn2ccccc2c1-c1nc2c(s1)C(=O)CCC2c1ccc(Cl)cc1.Cc1nn2ccccc2c1-c1nc2c(s1)CCCC2(O)c1ccc(Cl)cc1.Cc1nn2ccccc2c1-c1nc2c(s1)CCCC2=O.Cc1nn2ccccc2c1-c1nc2c(s1)CCCC2c1ccc(Cl)cc1.Cc1nn2ccccc2c1C(N)=S.Clc1cc[c-]cc1.O=C1CCCC(Br)C1=O.O=C1CCCCC1=O.[Br-].[Mg+2]. The van der Waals surface area contributed by atoms with Crippen LogP contribution in [0.5, 0.6) is 0 Å². The van der Waals surface area contributed by atoms with Gasteiger partial charge in [0.15, 0.2) is 28.9 Å². The quantitative estimate of drug-likeness (QED) is 0.0470. The molecule has 3 N–H and O–H groups in total. The molecule has 4 atom stereocenters. The van der Waals surface area contributed by atoms with Crippen LogP contribution in [0.3, 0.4) is 0 Å². The van der Waals surface area contributed by atoms with Crippen molar-refractivity contribution in [3.8, 4) is 42.3 Å². The van der Waals surface area contributed by atoms with E-state index in [1.54, 1.807) is 51.5 Å². The van der Waals surface area contributed by atoms with Gasteiger partial charge in [-0.2, -0.15) is 55.8 Å². The summed E-state index contributed by atoms with van der Waals surface area (Å²) in [6.45, 7) is 9.96. The summed E-state index contributed by atoms with van der Waals surface area (Å²) in [4.78, 5) is 91.1. The summed E-state index contributed by atoms with van der Waals surface area (Å²) in [7, 11) is 0. The first-order valence-electron chi connectivity index (χ1n) is 45.2. The van der Waals surface area contributed by atoms with Gasteiger partial charge in [0.05, 0.1) is 111 Å². The molecule has 22 nitrogen and oxygen atoms in total. The van der Waals surface area contributed by atoms with Gasteiger partial charge >= 0.3 is 23.1 Å². The van der Waals surface area contributed by atoms with Crippen LogP contribution in [0.4, 0.5) is 0 Å². The van der Waals surface area contributed by atoms with E-state index in [9.17, 15) is 33.9 Å². The van der Waals surface area contributed by atoms with Crippen LogP contribution in [0, 0.1) is 40.7 Å². The number of carbonyl (C=O) groups is 6. The van der Waals surface area contributed by atoms with E-state index in [1.165, 1.54) is 39.5 Å². The third-order valence-electron chi connectivity index (χ3n) is 24.7. The number of Topliss-reactive ketones (excluding diaryl/α,β-unsaturated/α-hetero) is 6. The number of hydrogen-bond donors (Lipinski definition) is 2. The molecule has 14 aromatic heterocycles. The number of ketones is 6. The van der Waals surface area contributed by atoms with Crippen molar-refractivity contribution in [2.45, 2.75) is 172 Å². The van der Waals surface area contributed by atoms with Crippen molar-refractivity contribution in [2.75, 3.05) is 0 Å². The number of nitrogens with two attached hydrogens (primary N) is 1. The zero-order valence-corrected chi connectivity index (χ0v) is 88.2. The van der Waals surface area contributed by atoms with Gasteiger partial charge < -0.3 is 27.8 Å². The zero-order valence-electron chi connectivity index (χ0n) is 76.5. The number of aryl methyl sites for hydroxylation is 8. The molecule has 2 fully saturated rings. The van der Waals surface area contributed by atoms with Gasteiger partial charge in [0.1, 0.15) is 36.3 Å². The van der Waals surface area contributed by atoms with Gasteiger partial charge in [-0.15, -0.1) is 56.9 Å². The molecule has 6 aliphatic rings. The average molecular weight is 2160 g/mol. The van der Waals surface area contributed by atoms with Crippen molar-refractivity contribution >= 4 is 210 Å². The Morgan fingerprint density at radius 3 is 1.28 bits per heavy atom. The Kier molecular flexibility index (Phi) is 34.2. The van der Waals surface area contributed by atoms with Crippen LogP contribution in [0.2, 0.25) is 20.1 Å². The number of carbonyl (C=O) groups excluding carboxylic acids is 6. The average Bonchev–Trinajstić information content (AvgIpc) is 1.61. The number of alkyl halides is 1. The Bertz CT molecular complexity index is 7570. The van der Waals surface area contributed by atoms with Crippen LogP contribution in [-0.4, -0.2) is 141 Å². The van der Waals surface area contributed by atoms with Crippen molar-refractivity contribution in [3.05, 3.63) is 338 Å². The predicted octanol–water partition coefficient (Wildman–Crippen LogP) is 21.5. The van der Waals surface area contributed by atoms with Crippen LogP contribution in [-0.2, 0) is 44.0 Å². The first kappa shape index (κ1) is 103. The summed E-state index contributed by atoms with van der Waals surface area (Å²) in [5.74, 6) is 0.0538. The van der Waals surface area contributed by atoms with Crippen LogP contribution < -0.4 is 22.7 Å². The molecule has 4 aromatic carbocycles. The van der Waals surface area contributed by atoms with Gasteiger partial charge in [-0.3, -0.25) is 28.8 Å². The van der Waals surface area contributed by atoms with Gasteiger partial charge in [0.2, 0.25) is 5.78 Å². The van der Waals surface area contributed by atoms with E-state index in [1.807, 2.05) is 222 Å². The molecule has 6 aliphatic carbocycles. The molecule has 0 aliphatic heterocycles. The Hall–Kier alpha value is -10.4. The van der Waals surface area contributed by atoms with Crippen molar-refractivity contribution in [2.24, 2.45) is 5.73 Å². The van der Waals surface area contributed by atoms with E-state index < -0.39 is 5.60 Å². The summed E-state index contributed by atoms with van der Waals surface area (Å²) in [5.41, 5.74) is 26.5. The van der Waals surface area contributed by atoms with Gasteiger partial charge in [0, 0.05) is 105 Å². The first-order valence-corrected chi connectivity index (χ1v) is 51.3. The maximum absolute atomic E-state index is 12.6. The number of aromatic nitrogens is 14. The smallest absolute Gasteiger partial charge is 1.00 e. The number of pyridine rings is 5. The van der Waals surface area contributed by atoms with Crippen LogP contribution in [0.1, 0.15) is 211 Å². The summed E-state index contributed by atoms with van der Waals surface area (Å²) < 4.78 is 9.35. The molecule has 24 rings (SSSR count). The summed E-state index contributed by atoms with van der Waals surface area (Å²) >= 11 is 38.4. The van der Waals surface area contributed by atoms with Gasteiger partial charge in [-0.05, 0) is 232 Å². The maximum atomic E-state index is 12.6. The van der Waals surface area contributed by atoms with E-state index in [0.717, 1.165) is 216 Å². The Labute approximate surface area is 879 Å². The van der Waals surface area contributed by atoms with E-state index in [4.69, 9.17) is 79.3 Å². The molecular weight excluding hydrogens is 2070 g/mol. The molecule has 14 heterocycles. The maximum Gasteiger partial charge on any atom is 2.00 e. The molecule has 704 valence electrons. The molecule has 0 radical (unpaired) electrons. The first-order chi connectivity index (χ1) is 66.2. The second kappa shape index (κ2) is 46.1. The fourth-order valence-electron chi connectivity index (χ4n) is 18.0. The van der Waals surface area contributed by atoms with Gasteiger partial charge in [-0.1, -0.05) is 135 Å². The van der Waals surface area contributed by atoms with Crippen molar-refractivity contribution in [3.63, 3.8) is 0 Å². The number of halogens is 6. The van der Waals surface area contributed by atoms with Crippen LogP contribution in [0.25, 0.3) is 69.9 Å². The van der Waals surface area contributed by atoms with Crippen molar-refractivity contribution in [1.82, 2.24) is 68.0 Å². The topological polar surface area (TPSA) is 287 Å². The number of hydrogen-bond acceptors (Lipinski definition) is 21. The summed E-state index contributed by atoms with van der Waals surface area (Å²) in [6, 6.07) is 63.6. The molecule has 34 heteroatoms. The molecule has 0 bridgehead atoms. The molecular formula is C105H93Br2Cl4MgN15O7S5. The predicted molar refractivity (Wildman–Crippen MR) is 559 cm³/mol. The molecule has 0 saturated heterocycles. The third-order valence-corrected chi connectivity index (χ3v) is 31.3. The van der Waals surface area contributed by atoms with Crippen molar-refractivity contribution in [1.29, 1.82) is 0 Å². The fourth-order valence-corrected chi connectivity index (χ4v) is 24.3. The number of thiocarbonyl (C=S) groups is 1. The van der Waals surface area contributed by atoms with E-state index in [0.29, 0.717) is 65.2 Å². The van der Waals surface area contributed by atoms with Gasteiger partial charge in [0.25, 0.3) is 0 Å². The molecule has 0 amide bonds. The minimum atomic E-state index is -1.07. The molecule has 4 unspecified atom stereocenters. The molecule has 0 spiro atoms. The van der Waals surface area contributed by atoms with Gasteiger partial charge in [-0.25, -0.2) is 42.5 Å². The van der Waals surface area contributed by atoms with Crippen molar-refractivity contribution < 1.29 is 50.9 Å². The summed E-state index contributed by atoms with van der Waals surface area (Å²) in [5, 5.41) is 40.9. The van der Waals surface area contributed by atoms with Crippen LogP contribution >= 0.6 is 120 Å². The Balaban J connectivity index is 0.000000125. The number of thiazole rings is 4. The standard InChI is InChI=1S/C21H18ClN3OS.C21H16ClN3OS.C21H18ClN3S.C15H13N3OS.C9H9N3S.C6H7BrO2.C6H4Cl.C6H8O2.BrH.Mg/c1-13-18(16-5-2-3-12-25(16)24-13)20-23-19-17(27-20)6-4-11-21(19,26)14-7-9-15(22)10-8-14;1-12-18(16-4-2-3-11-25(16)24-12)21-23-19-15(9-10-17(26)20(19)27-21)13-5-7-14(22)8-6-13;1-13-19(17-6-2-3-12-25(17)24-13)21-23-20-16(5-4-7-18(20)26-21)14-8-10-15(22)11-9-14;1-9-13(10-5-2-3-8-18(10)17-9)15-16-14-11(19)6-4-7-12(14)20-15;1-6-8(9(10)13)7-4-2-3-5-12(7)11-6;7-4-2-1-3-5(8)6(4)9;7-6-4-2-1-3-5-6;7-5-3-1-2-4-6(5)8;;/h2-3,5,7-10,12,26H,4,6,11H2,1H3;2-8,11,15H,9-10H2,1H3;2-3,6,8-12,16H,4-5,7H2,1H3;2-3,5,8H,4,6-7H2,1H3;2-5H,1H3,(H2,10,13);4H,1-3H2;2-5H;1-4H2;1H;/q;;;;;;-1;;;+2/p-1. The van der Waals surface area contributed by atoms with E-state index >= 15 is 0 Å². The number of fused-ring (bicyclic) bond motifs is 9. The van der Waals surface area contributed by atoms with Crippen LogP contribution in [0.15, 0.2) is 219 Å². The minimum absolute atomic E-state index is 0. The molecule has 139 heavy (non-hydrogen) atoms. The fraction of sp³-hybridized carbons (Fsp3) is 0.257. The van der Waals surface area contributed by atoms with E-state index in [-0.39, 0.29) is 85.5 Å². The summed E-state index contributed by atoms with van der Waals surface area (Å²) in [6.07, 6.45) is 24.5. The normalized spacial score (nSPS) is 16.8. The Morgan fingerprint density at radius 2 is 0.813 bits per heavy atom. The third kappa shape index (κ3) is 23.0. The molecule has 18 aromatic rings. The number of aliphatic hydroxyl groups is 1. The minimum Gasteiger partial charge on any atom is -1.00 e. The number of benzene rings is 4. The monoisotopic (exact) mass is 2160 g/mol. The second-order valence-electron chi connectivity index (χ2n) is 33.9. The number of nitrogens with zero attached hydrogens (tertiary/aromatic N) is 14. The van der Waals surface area contributed by atoms with E-state index in [2.05, 4.69) is 89.7 Å². The zero-order chi connectivity index (χ0) is 95.9.